The summed E-state index contributed by atoms with van der Waals surface area (Å²) in [5.74, 6) is 0.848. The van der Waals surface area contributed by atoms with Crippen molar-refractivity contribution in [2.24, 2.45) is 5.92 Å². The average molecular weight is 250 g/mol. The fraction of sp³-hybridized carbons (Fsp3) is 0.786. The highest BCUT2D eigenvalue weighted by atomic mass is 15.2. The van der Waals surface area contributed by atoms with E-state index in [1.807, 2.05) is 18.7 Å². The van der Waals surface area contributed by atoms with Crippen molar-refractivity contribution in [1.29, 1.82) is 0 Å². The Morgan fingerprint density at radius 3 is 3.00 bits per heavy atom. The fourth-order valence-corrected chi connectivity index (χ4v) is 2.58. The number of imidazole rings is 1. The van der Waals surface area contributed by atoms with Gasteiger partial charge in [-0.2, -0.15) is 0 Å². The van der Waals surface area contributed by atoms with Crippen molar-refractivity contribution in [2.75, 3.05) is 26.2 Å². The van der Waals surface area contributed by atoms with Gasteiger partial charge in [0.1, 0.15) is 0 Å². The van der Waals surface area contributed by atoms with Gasteiger partial charge in [0.15, 0.2) is 0 Å². The molecule has 1 aromatic rings. The Balaban J connectivity index is 1.58. The number of hydrogen-bond donors (Lipinski definition) is 1. The predicted molar refractivity (Wildman–Crippen MR) is 74.5 cm³/mol. The molecule has 1 atom stereocenters. The second kappa shape index (κ2) is 6.90. The van der Waals surface area contributed by atoms with Crippen LogP contribution in [0.3, 0.4) is 0 Å². The molecular weight excluding hydrogens is 224 g/mol. The minimum Gasteiger partial charge on any atom is -0.337 e. The first-order chi connectivity index (χ1) is 8.74. The third-order valence-electron chi connectivity index (χ3n) is 3.63. The molecule has 4 heteroatoms. The molecule has 1 aliphatic heterocycles. The molecule has 0 aliphatic carbocycles. The molecule has 1 aromatic heterocycles. The van der Waals surface area contributed by atoms with E-state index in [2.05, 4.69) is 33.6 Å². The van der Waals surface area contributed by atoms with Crippen molar-refractivity contribution in [2.45, 2.75) is 39.3 Å². The van der Waals surface area contributed by atoms with Crippen LogP contribution in [0, 0.1) is 5.92 Å². The Kier molecular flexibility index (Phi) is 5.20. The molecule has 1 fully saturated rings. The van der Waals surface area contributed by atoms with Crippen molar-refractivity contribution >= 4 is 0 Å². The zero-order chi connectivity index (χ0) is 12.8. The molecular formula is C14H26N4. The van der Waals surface area contributed by atoms with Gasteiger partial charge in [-0.25, -0.2) is 4.98 Å². The maximum atomic E-state index is 4.07. The molecule has 2 heterocycles. The lowest BCUT2D eigenvalue weighted by Gasteiger charge is -2.17. The van der Waals surface area contributed by atoms with Crippen LogP contribution >= 0.6 is 0 Å². The topological polar surface area (TPSA) is 33.1 Å². The van der Waals surface area contributed by atoms with Gasteiger partial charge in [-0.05, 0) is 38.4 Å². The molecule has 1 saturated heterocycles. The van der Waals surface area contributed by atoms with Crippen molar-refractivity contribution in [1.82, 2.24) is 19.8 Å². The first-order valence-corrected chi connectivity index (χ1v) is 7.15. The normalized spacial score (nSPS) is 20.9. The van der Waals surface area contributed by atoms with Gasteiger partial charge in [-0.1, -0.05) is 13.8 Å². The molecule has 0 amide bonds. The van der Waals surface area contributed by atoms with Crippen molar-refractivity contribution in [3.8, 4) is 0 Å². The van der Waals surface area contributed by atoms with Crippen LogP contribution in [0.4, 0.5) is 0 Å². The third-order valence-corrected chi connectivity index (χ3v) is 3.63. The zero-order valence-electron chi connectivity index (χ0n) is 11.7. The fourth-order valence-electron chi connectivity index (χ4n) is 2.58. The second-order valence-corrected chi connectivity index (χ2v) is 5.67. The van der Waals surface area contributed by atoms with Gasteiger partial charge in [0.05, 0.1) is 6.33 Å². The van der Waals surface area contributed by atoms with Crippen LogP contribution in [0.15, 0.2) is 18.7 Å². The molecule has 1 N–H and O–H groups in total. The van der Waals surface area contributed by atoms with Crippen LogP contribution in [-0.4, -0.2) is 46.7 Å². The highest BCUT2D eigenvalue weighted by Crippen LogP contribution is 2.15. The van der Waals surface area contributed by atoms with E-state index < -0.39 is 0 Å². The average Bonchev–Trinajstić information content (AvgIpc) is 2.97. The van der Waals surface area contributed by atoms with E-state index in [9.17, 15) is 0 Å². The molecule has 1 unspecified atom stereocenters. The summed E-state index contributed by atoms with van der Waals surface area (Å²) in [5.41, 5.74) is 0. The highest BCUT2D eigenvalue weighted by Gasteiger charge is 2.21. The predicted octanol–water partition coefficient (Wildman–Crippen LogP) is 1.59. The number of rotatable bonds is 7. The molecule has 2 rings (SSSR count). The van der Waals surface area contributed by atoms with Crippen molar-refractivity contribution in [3.63, 3.8) is 0 Å². The maximum Gasteiger partial charge on any atom is 0.0945 e. The van der Waals surface area contributed by atoms with E-state index in [4.69, 9.17) is 0 Å². The molecule has 0 spiro atoms. The van der Waals surface area contributed by atoms with Gasteiger partial charge in [-0.3, -0.25) is 0 Å². The first kappa shape index (κ1) is 13.6. The van der Waals surface area contributed by atoms with E-state index >= 15 is 0 Å². The van der Waals surface area contributed by atoms with Gasteiger partial charge >= 0.3 is 0 Å². The van der Waals surface area contributed by atoms with Crippen molar-refractivity contribution < 1.29 is 0 Å². The number of nitrogens with one attached hydrogen (secondary N) is 1. The highest BCUT2D eigenvalue weighted by molar-refractivity contribution is 4.78. The van der Waals surface area contributed by atoms with Crippen LogP contribution in [0.25, 0.3) is 0 Å². The summed E-state index contributed by atoms with van der Waals surface area (Å²) < 4.78 is 2.16. The van der Waals surface area contributed by atoms with E-state index in [1.54, 1.807) is 0 Å². The lowest BCUT2D eigenvalue weighted by Crippen LogP contribution is -2.31. The lowest BCUT2D eigenvalue weighted by atomic mass is 10.1. The number of likely N-dealkylation sites (tertiary alicyclic amines) is 1. The standard InChI is InChI=1S/C14H26N4/c1-13(2)16-10-14-4-8-17(11-14)6-3-7-18-9-5-15-12-18/h5,9,12-14,16H,3-4,6-8,10-11H2,1-2H3. The minimum atomic E-state index is 0.611. The van der Waals surface area contributed by atoms with Gasteiger partial charge in [0, 0.05) is 31.5 Å². The van der Waals surface area contributed by atoms with E-state index in [0.717, 1.165) is 12.5 Å². The summed E-state index contributed by atoms with van der Waals surface area (Å²) >= 11 is 0. The van der Waals surface area contributed by atoms with Crippen LogP contribution in [0.5, 0.6) is 0 Å². The van der Waals surface area contributed by atoms with E-state index in [1.165, 1.54) is 39.0 Å². The summed E-state index contributed by atoms with van der Waals surface area (Å²) in [4.78, 5) is 6.67. The number of nitrogens with zero attached hydrogens (tertiary/aromatic N) is 3. The monoisotopic (exact) mass is 250 g/mol. The smallest absolute Gasteiger partial charge is 0.0945 e. The van der Waals surface area contributed by atoms with E-state index in [0.29, 0.717) is 6.04 Å². The van der Waals surface area contributed by atoms with Crippen LogP contribution in [0.1, 0.15) is 26.7 Å². The summed E-state index contributed by atoms with van der Waals surface area (Å²) in [6.07, 6.45) is 8.37. The van der Waals surface area contributed by atoms with Gasteiger partial charge in [0.25, 0.3) is 0 Å². The SMILES string of the molecule is CC(C)NCC1CCN(CCCn2ccnc2)C1. The summed E-state index contributed by atoms with van der Waals surface area (Å²) in [7, 11) is 0. The Morgan fingerprint density at radius 2 is 2.28 bits per heavy atom. The largest absolute Gasteiger partial charge is 0.337 e. The summed E-state index contributed by atoms with van der Waals surface area (Å²) in [6, 6.07) is 0.611. The van der Waals surface area contributed by atoms with Crippen LogP contribution < -0.4 is 5.32 Å². The quantitative estimate of drug-likeness (QED) is 0.798. The molecule has 0 saturated carbocycles. The van der Waals surface area contributed by atoms with Crippen LogP contribution in [0.2, 0.25) is 0 Å². The maximum absolute atomic E-state index is 4.07. The Morgan fingerprint density at radius 1 is 1.39 bits per heavy atom. The molecule has 0 radical (unpaired) electrons. The molecule has 102 valence electrons. The van der Waals surface area contributed by atoms with Gasteiger partial charge in [0.2, 0.25) is 0 Å². The van der Waals surface area contributed by atoms with Gasteiger partial charge in [-0.15, -0.1) is 0 Å². The van der Waals surface area contributed by atoms with Crippen molar-refractivity contribution in [3.05, 3.63) is 18.7 Å². The lowest BCUT2D eigenvalue weighted by molar-refractivity contribution is 0.309. The first-order valence-electron chi connectivity index (χ1n) is 7.15. The molecule has 1 aliphatic rings. The summed E-state index contributed by atoms with van der Waals surface area (Å²) in [5, 5.41) is 3.55. The van der Waals surface area contributed by atoms with E-state index in [-0.39, 0.29) is 0 Å². The number of aryl methyl sites for hydroxylation is 1. The number of aromatic nitrogens is 2. The van der Waals surface area contributed by atoms with Gasteiger partial charge < -0.3 is 14.8 Å². The molecule has 18 heavy (non-hydrogen) atoms. The molecule has 0 bridgehead atoms. The Labute approximate surface area is 110 Å². The minimum absolute atomic E-state index is 0.611. The molecule has 0 aromatic carbocycles. The zero-order valence-corrected chi connectivity index (χ0v) is 11.7. The Bertz CT molecular complexity index is 321. The summed E-state index contributed by atoms with van der Waals surface area (Å²) in [6.45, 7) is 10.5. The number of hydrogen-bond acceptors (Lipinski definition) is 3. The Hall–Kier alpha value is -0.870. The molecule has 4 nitrogen and oxygen atoms in total. The van der Waals surface area contributed by atoms with Crippen LogP contribution in [-0.2, 0) is 6.54 Å². The third kappa shape index (κ3) is 4.42. The second-order valence-electron chi connectivity index (χ2n) is 5.67.